The molecule has 0 amide bonds. The quantitative estimate of drug-likeness (QED) is 0.829. The minimum absolute atomic E-state index is 0.0414. The summed E-state index contributed by atoms with van der Waals surface area (Å²) in [7, 11) is -3.74. The van der Waals surface area contributed by atoms with Crippen LogP contribution in [0.3, 0.4) is 0 Å². The molecule has 0 radical (unpaired) electrons. The van der Waals surface area contributed by atoms with Crippen molar-refractivity contribution < 1.29 is 8.42 Å². The van der Waals surface area contributed by atoms with Gasteiger partial charge in [-0.15, -0.1) is 0 Å². The molecule has 2 aromatic rings. The second-order valence-corrected chi connectivity index (χ2v) is 7.26. The van der Waals surface area contributed by atoms with Crippen molar-refractivity contribution in [3.05, 3.63) is 46.6 Å². The number of hydrogen-bond donors (Lipinski definition) is 1. The largest absolute Gasteiger partial charge is 0.357 e. The number of rotatable bonds is 6. The third kappa shape index (κ3) is 4.28. The summed E-state index contributed by atoms with van der Waals surface area (Å²) in [5.74, 6) is 0.799. The Labute approximate surface area is 146 Å². The van der Waals surface area contributed by atoms with Crippen LogP contribution >= 0.6 is 23.2 Å². The predicted octanol–water partition coefficient (Wildman–Crippen LogP) is 4.04. The van der Waals surface area contributed by atoms with Gasteiger partial charge in [0.05, 0.1) is 26.8 Å². The minimum Gasteiger partial charge on any atom is -0.357 e. The summed E-state index contributed by atoms with van der Waals surface area (Å²) in [5, 5.41) is 0.486. The molecule has 0 spiro atoms. The van der Waals surface area contributed by atoms with E-state index in [4.69, 9.17) is 23.2 Å². The zero-order valence-corrected chi connectivity index (χ0v) is 15.1. The maximum absolute atomic E-state index is 12.3. The van der Waals surface area contributed by atoms with Crippen molar-refractivity contribution in [2.45, 2.75) is 18.7 Å². The lowest BCUT2D eigenvalue weighted by Crippen LogP contribution is -2.22. The van der Waals surface area contributed by atoms with Gasteiger partial charge in [-0.1, -0.05) is 23.2 Å². The number of nitrogens with zero attached hydrogens (tertiary/aromatic N) is 2. The molecule has 1 aromatic carbocycles. The van der Waals surface area contributed by atoms with Gasteiger partial charge in [0.1, 0.15) is 5.82 Å². The van der Waals surface area contributed by atoms with Crippen LogP contribution in [-0.4, -0.2) is 26.5 Å². The van der Waals surface area contributed by atoms with E-state index in [0.29, 0.717) is 10.7 Å². The smallest absolute Gasteiger partial charge is 0.261 e. The summed E-state index contributed by atoms with van der Waals surface area (Å²) >= 11 is 11.7. The SMILES string of the molecule is CCN(CC)c1ccc(NS(=O)(=O)c2ccc(Cl)c(Cl)c2)cn1. The zero-order valence-electron chi connectivity index (χ0n) is 12.8. The molecule has 124 valence electrons. The Morgan fingerprint density at radius 1 is 1.09 bits per heavy atom. The standard InChI is InChI=1S/C15H17Cl2N3O2S/c1-3-20(4-2)15-8-5-11(10-18-15)19-23(21,22)12-6-7-13(16)14(17)9-12/h5-10,19H,3-4H2,1-2H3. The fraction of sp³-hybridized carbons (Fsp3) is 0.267. The third-order valence-electron chi connectivity index (χ3n) is 3.29. The topological polar surface area (TPSA) is 62.3 Å². The molecular weight excluding hydrogens is 357 g/mol. The summed E-state index contributed by atoms with van der Waals surface area (Å²) < 4.78 is 27.2. The maximum Gasteiger partial charge on any atom is 0.261 e. The molecule has 0 aliphatic rings. The van der Waals surface area contributed by atoms with Crippen molar-refractivity contribution in [1.29, 1.82) is 0 Å². The first-order valence-corrected chi connectivity index (χ1v) is 9.30. The highest BCUT2D eigenvalue weighted by atomic mass is 35.5. The third-order valence-corrected chi connectivity index (χ3v) is 5.41. The van der Waals surface area contributed by atoms with Crippen LogP contribution in [0.2, 0.25) is 10.0 Å². The molecule has 1 aromatic heterocycles. The fourth-order valence-electron chi connectivity index (χ4n) is 2.04. The van der Waals surface area contributed by atoms with Crippen LogP contribution in [0.4, 0.5) is 11.5 Å². The summed E-state index contributed by atoms with van der Waals surface area (Å²) in [4.78, 5) is 6.39. The molecule has 8 heteroatoms. The van der Waals surface area contributed by atoms with E-state index in [-0.39, 0.29) is 9.92 Å². The molecule has 2 rings (SSSR count). The van der Waals surface area contributed by atoms with Crippen LogP contribution in [0.25, 0.3) is 0 Å². The number of aromatic nitrogens is 1. The second kappa shape index (κ2) is 7.38. The van der Waals surface area contributed by atoms with E-state index in [1.807, 2.05) is 13.8 Å². The maximum atomic E-state index is 12.3. The van der Waals surface area contributed by atoms with Gasteiger partial charge >= 0.3 is 0 Å². The second-order valence-electron chi connectivity index (χ2n) is 4.76. The molecule has 5 nitrogen and oxygen atoms in total. The highest BCUT2D eigenvalue weighted by Gasteiger charge is 2.16. The van der Waals surface area contributed by atoms with E-state index in [1.165, 1.54) is 24.4 Å². The fourth-order valence-corrected chi connectivity index (χ4v) is 3.47. The van der Waals surface area contributed by atoms with Crippen LogP contribution in [0.5, 0.6) is 0 Å². The Kier molecular flexibility index (Phi) is 5.73. The van der Waals surface area contributed by atoms with Crippen molar-refractivity contribution in [1.82, 2.24) is 4.98 Å². The van der Waals surface area contributed by atoms with Gasteiger partial charge in [-0.3, -0.25) is 4.72 Å². The van der Waals surface area contributed by atoms with Gasteiger partial charge in [-0.05, 0) is 44.2 Å². The molecule has 23 heavy (non-hydrogen) atoms. The van der Waals surface area contributed by atoms with Crippen LogP contribution in [0.1, 0.15) is 13.8 Å². The van der Waals surface area contributed by atoms with Gasteiger partial charge in [0.25, 0.3) is 10.0 Å². The lowest BCUT2D eigenvalue weighted by Gasteiger charge is -2.19. The molecule has 1 N–H and O–H groups in total. The number of halogens is 2. The van der Waals surface area contributed by atoms with E-state index in [2.05, 4.69) is 14.6 Å². The summed E-state index contributed by atoms with van der Waals surface area (Å²) in [6.07, 6.45) is 1.49. The van der Waals surface area contributed by atoms with E-state index < -0.39 is 10.0 Å². The van der Waals surface area contributed by atoms with Crippen LogP contribution in [-0.2, 0) is 10.0 Å². The average molecular weight is 374 g/mol. The summed E-state index contributed by atoms with van der Waals surface area (Å²) in [6.45, 7) is 5.73. The monoisotopic (exact) mass is 373 g/mol. The molecule has 0 unspecified atom stereocenters. The number of benzene rings is 1. The normalized spacial score (nSPS) is 11.3. The Bertz CT molecular complexity index is 776. The van der Waals surface area contributed by atoms with Crippen molar-refractivity contribution in [2.24, 2.45) is 0 Å². The highest BCUT2D eigenvalue weighted by Crippen LogP contribution is 2.26. The van der Waals surface area contributed by atoms with Crippen molar-refractivity contribution in [3.63, 3.8) is 0 Å². The first kappa shape index (κ1) is 17.8. The zero-order chi connectivity index (χ0) is 17.0. The van der Waals surface area contributed by atoms with E-state index >= 15 is 0 Å². The van der Waals surface area contributed by atoms with Gasteiger partial charge in [0.15, 0.2) is 0 Å². The molecule has 0 aliphatic carbocycles. The van der Waals surface area contributed by atoms with Gasteiger partial charge in [-0.2, -0.15) is 0 Å². The first-order valence-electron chi connectivity index (χ1n) is 7.06. The average Bonchev–Trinajstić information content (AvgIpc) is 2.52. The Morgan fingerprint density at radius 3 is 2.30 bits per heavy atom. The van der Waals surface area contributed by atoms with Gasteiger partial charge in [0.2, 0.25) is 0 Å². The Balaban J connectivity index is 2.22. The number of anilines is 2. The lowest BCUT2D eigenvalue weighted by molar-refractivity contribution is 0.601. The Hall–Kier alpha value is -1.50. The van der Waals surface area contributed by atoms with Crippen molar-refractivity contribution in [2.75, 3.05) is 22.7 Å². The van der Waals surface area contributed by atoms with E-state index in [0.717, 1.165) is 18.9 Å². The molecule has 0 saturated heterocycles. The first-order chi connectivity index (χ1) is 10.9. The van der Waals surface area contributed by atoms with E-state index in [9.17, 15) is 8.42 Å². The van der Waals surface area contributed by atoms with E-state index in [1.54, 1.807) is 12.1 Å². The molecule has 0 atom stereocenters. The van der Waals surface area contributed by atoms with Crippen molar-refractivity contribution >= 4 is 44.7 Å². The Morgan fingerprint density at radius 2 is 1.78 bits per heavy atom. The molecular formula is C15H17Cl2N3O2S. The van der Waals surface area contributed by atoms with Gasteiger partial charge < -0.3 is 4.90 Å². The molecule has 0 aliphatic heterocycles. The van der Waals surface area contributed by atoms with Crippen molar-refractivity contribution in [3.8, 4) is 0 Å². The minimum atomic E-state index is -3.74. The number of hydrogen-bond acceptors (Lipinski definition) is 4. The van der Waals surface area contributed by atoms with Crippen LogP contribution in [0.15, 0.2) is 41.4 Å². The summed E-state index contributed by atoms with van der Waals surface area (Å²) in [6, 6.07) is 7.60. The van der Waals surface area contributed by atoms with Gasteiger partial charge in [-0.25, -0.2) is 13.4 Å². The predicted molar refractivity (Wildman–Crippen MR) is 95.1 cm³/mol. The number of pyridine rings is 1. The molecule has 0 fully saturated rings. The molecule has 1 heterocycles. The van der Waals surface area contributed by atoms with Crippen LogP contribution in [0, 0.1) is 0 Å². The highest BCUT2D eigenvalue weighted by molar-refractivity contribution is 7.92. The number of nitrogens with one attached hydrogen (secondary N) is 1. The lowest BCUT2D eigenvalue weighted by atomic mass is 10.4. The number of sulfonamides is 1. The molecule has 0 bridgehead atoms. The molecule has 0 saturated carbocycles. The van der Waals surface area contributed by atoms with Gasteiger partial charge in [0, 0.05) is 13.1 Å². The summed E-state index contributed by atoms with van der Waals surface area (Å²) in [5.41, 5.74) is 0.381. The van der Waals surface area contributed by atoms with Crippen LogP contribution < -0.4 is 9.62 Å².